The van der Waals surface area contributed by atoms with E-state index >= 15 is 0 Å². The zero-order valence-electron chi connectivity index (χ0n) is 18.4. The molecule has 0 aromatic carbocycles. The molecule has 2 aliphatic carbocycles. The van der Waals surface area contributed by atoms with Crippen LogP contribution in [-0.4, -0.2) is 45.9 Å². The Hall–Kier alpha value is -1.92. The van der Waals surface area contributed by atoms with Gasteiger partial charge in [-0.15, -0.1) is 0 Å². The molecule has 1 spiro atoms. The molecule has 0 aromatic rings. The van der Waals surface area contributed by atoms with Crippen molar-refractivity contribution in [1.29, 1.82) is 0 Å². The van der Waals surface area contributed by atoms with Crippen LogP contribution in [0.5, 0.6) is 0 Å². The van der Waals surface area contributed by atoms with Crippen LogP contribution >= 0.6 is 0 Å². The fraction of sp³-hybridized carbons (Fsp3) is 0.667. The average Bonchev–Trinajstić information content (AvgIpc) is 2.78. The molecular weight excluding hydrogens is 382 g/mol. The summed E-state index contributed by atoms with van der Waals surface area (Å²) in [6.45, 7) is 10.4. The number of carbonyl (C=O) groups is 2. The van der Waals surface area contributed by atoms with Crippen molar-refractivity contribution in [2.75, 3.05) is 0 Å². The first-order valence-corrected chi connectivity index (χ1v) is 11.1. The van der Waals surface area contributed by atoms with Gasteiger partial charge in [0.2, 0.25) is 5.60 Å². The van der Waals surface area contributed by atoms with Gasteiger partial charge in [-0.1, -0.05) is 38.0 Å². The SMILES string of the molecule is CC1=C[C@@H]2C3=C(C)CC[C@H](O)[C@H](O)C3=CC(=O)O[C@]23C(=O)N[C@@H](CC(C)C)[C@@H]3[C@@H]1C. The first-order chi connectivity index (χ1) is 14.1. The van der Waals surface area contributed by atoms with Crippen LogP contribution in [0.4, 0.5) is 0 Å². The number of aliphatic hydroxyl groups excluding tert-OH is 2. The highest BCUT2D eigenvalue weighted by Gasteiger charge is 2.66. The van der Waals surface area contributed by atoms with Gasteiger partial charge >= 0.3 is 5.97 Å². The molecule has 4 rings (SSSR count). The topological polar surface area (TPSA) is 95.9 Å². The Labute approximate surface area is 178 Å². The molecule has 30 heavy (non-hydrogen) atoms. The average molecular weight is 416 g/mol. The van der Waals surface area contributed by atoms with Crippen molar-refractivity contribution in [2.45, 2.75) is 77.7 Å². The van der Waals surface area contributed by atoms with Crippen LogP contribution in [0.25, 0.3) is 0 Å². The lowest BCUT2D eigenvalue weighted by Crippen LogP contribution is -2.56. The van der Waals surface area contributed by atoms with E-state index in [4.69, 9.17) is 4.74 Å². The van der Waals surface area contributed by atoms with Gasteiger partial charge in [-0.05, 0) is 56.1 Å². The number of aliphatic hydroxyl groups is 2. The molecule has 0 radical (unpaired) electrons. The van der Waals surface area contributed by atoms with Crippen LogP contribution in [0.2, 0.25) is 0 Å². The lowest BCUT2D eigenvalue weighted by Gasteiger charge is -2.46. The van der Waals surface area contributed by atoms with Gasteiger partial charge in [0.1, 0.15) is 6.10 Å². The molecule has 1 saturated heterocycles. The van der Waals surface area contributed by atoms with E-state index in [-0.39, 0.29) is 23.8 Å². The van der Waals surface area contributed by atoms with Crippen LogP contribution in [0.15, 0.2) is 34.4 Å². The molecule has 7 atom stereocenters. The quantitative estimate of drug-likeness (QED) is 0.476. The van der Waals surface area contributed by atoms with Crippen LogP contribution in [0.1, 0.15) is 53.9 Å². The second kappa shape index (κ2) is 7.34. The Morgan fingerprint density at radius 3 is 2.63 bits per heavy atom. The second-order valence-corrected chi connectivity index (χ2v) is 9.97. The number of nitrogens with one attached hydrogen (secondary N) is 1. The number of allylic oxidation sites excluding steroid dienone is 2. The standard InChI is InChI=1S/C24H33NO5/c1-11(2)8-17-21-14(5)13(4)9-16-20-12(3)6-7-18(26)22(28)15(20)10-19(27)30-24(16,21)23(29)25-17/h9-11,14,16-18,21-22,26,28H,6-8H2,1-5H3,(H,25,29)/t14-,16-,17+,18+,21+,22-,24-/m1/s1. The van der Waals surface area contributed by atoms with Gasteiger partial charge in [-0.3, -0.25) is 4.79 Å². The molecule has 1 fully saturated rings. The maximum atomic E-state index is 13.5. The summed E-state index contributed by atoms with van der Waals surface area (Å²) in [5.41, 5.74) is 1.97. The maximum absolute atomic E-state index is 13.5. The third kappa shape index (κ3) is 2.99. The number of amides is 1. The Kier molecular flexibility index (Phi) is 5.22. The predicted molar refractivity (Wildman–Crippen MR) is 112 cm³/mol. The molecule has 4 aliphatic rings. The van der Waals surface area contributed by atoms with Gasteiger partial charge in [0.15, 0.2) is 0 Å². The van der Waals surface area contributed by atoms with Gasteiger partial charge in [0.05, 0.1) is 12.0 Å². The molecule has 0 aromatic heterocycles. The Morgan fingerprint density at radius 2 is 1.97 bits per heavy atom. The summed E-state index contributed by atoms with van der Waals surface area (Å²) in [4.78, 5) is 26.5. The summed E-state index contributed by atoms with van der Waals surface area (Å²) >= 11 is 0. The van der Waals surface area contributed by atoms with E-state index in [1.54, 1.807) is 0 Å². The predicted octanol–water partition coefficient (Wildman–Crippen LogP) is 2.41. The fourth-order valence-corrected chi connectivity index (χ4v) is 6.10. The van der Waals surface area contributed by atoms with Crippen molar-refractivity contribution in [2.24, 2.45) is 23.7 Å². The van der Waals surface area contributed by atoms with Gasteiger partial charge < -0.3 is 20.3 Å². The molecule has 164 valence electrons. The van der Waals surface area contributed by atoms with Gasteiger partial charge in [0.25, 0.3) is 5.91 Å². The van der Waals surface area contributed by atoms with Gasteiger partial charge in [0, 0.05) is 18.0 Å². The largest absolute Gasteiger partial charge is 0.444 e. The summed E-state index contributed by atoms with van der Waals surface area (Å²) in [5.74, 6) is -1.09. The molecule has 0 unspecified atom stereocenters. The highest BCUT2D eigenvalue weighted by molar-refractivity contribution is 5.96. The van der Waals surface area contributed by atoms with E-state index in [9.17, 15) is 19.8 Å². The van der Waals surface area contributed by atoms with Crippen molar-refractivity contribution in [1.82, 2.24) is 5.32 Å². The number of ether oxygens (including phenoxy) is 1. The normalized spacial score (nSPS) is 41.1. The van der Waals surface area contributed by atoms with E-state index in [0.29, 0.717) is 24.3 Å². The van der Waals surface area contributed by atoms with Crippen LogP contribution in [-0.2, 0) is 14.3 Å². The number of hydrogen-bond acceptors (Lipinski definition) is 5. The van der Waals surface area contributed by atoms with Gasteiger partial charge in [-0.25, -0.2) is 4.79 Å². The zero-order valence-corrected chi connectivity index (χ0v) is 18.4. The van der Waals surface area contributed by atoms with Crippen molar-refractivity contribution >= 4 is 11.9 Å². The summed E-state index contributed by atoms with van der Waals surface area (Å²) in [6, 6.07) is -0.0878. The summed E-state index contributed by atoms with van der Waals surface area (Å²) in [6.07, 6.45) is 3.01. The van der Waals surface area contributed by atoms with Crippen LogP contribution in [0.3, 0.4) is 0 Å². The molecule has 0 bridgehead atoms. The molecule has 6 nitrogen and oxygen atoms in total. The summed E-state index contributed by atoms with van der Waals surface area (Å²) < 4.78 is 6.04. The first-order valence-electron chi connectivity index (χ1n) is 11.1. The third-order valence-corrected chi connectivity index (χ3v) is 7.60. The highest BCUT2D eigenvalue weighted by atomic mass is 16.6. The summed E-state index contributed by atoms with van der Waals surface area (Å²) in [7, 11) is 0. The van der Waals surface area contributed by atoms with Crippen molar-refractivity contribution in [3.05, 3.63) is 34.4 Å². The van der Waals surface area contributed by atoms with Crippen molar-refractivity contribution in [3.63, 3.8) is 0 Å². The number of carbonyl (C=O) groups excluding carboxylic acids is 2. The van der Waals surface area contributed by atoms with E-state index in [2.05, 4.69) is 33.0 Å². The number of hydrogen-bond donors (Lipinski definition) is 3. The Bertz CT molecular complexity index is 869. The molecule has 3 N–H and O–H groups in total. The molecule has 6 heteroatoms. The monoisotopic (exact) mass is 415 g/mol. The lowest BCUT2D eigenvalue weighted by molar-refractivity contribution is -0.171. The van der Waals surface area contributed by atoms with E-state index in [0.717, 1.165) is 23.1 Å². The Morgan fingerprint density at radius 1 is 1.27 bits per heavy atom. The van der Waals surface area contributed by atoms with Crippen molar-refractivity contribution in [3.8, 4) is 0 Å². The number of fused-ring (bicyclic) bond motifs is 2. The molecule has 2 heterocycles. The van der Waals surface area contributed by atoms with E-state index in [1.165, 1.54) is 6.08 Å². The van der Waals surface area contributed by atoms with Crippen LogP contribution in [0, 0.1) is 23.7 Å². The maximum Gasteiger partial charge on any atom is 0.332 e. The number of rotatable bonds is 2. The zero-order chi connectivity index (χ0) is 22.0. The van der Waals surface area contributed by atoms with E-state index < -0.39 is 29.7 Å². The summed E-state index contributed by atoms with van der Waals surface area (Å²) in [5, 5.41) is 24.4. The first kappa shape index (κ1) is 21.3. The second-order valence-electron chi connectivity index (χ2n) is 9.97. The third-order valence-electron chi connectivity index (χ3n) is 7.60. The Balaban J connectivity index is 1.95. The van der Waals surface area contributed by atoms with Crippen molar-refractivity contribution < 1.29 is 24.5 Å². The number of esters is 1. The fourth-order valence-electron chi connectivity index (χ4n) is 6.10. The molecule has 0 saturated carbocycles. The minimum atomic E-state index is -1.33. The highest BCUT2D eigenvalue weighted by Crippen LogP contribution is 2.55. The van der Waals surface area contributed by atoms with E-state index in [1.807, 2.05) is 13.0 Å². The lowest BCUT2D eigenvalue weighted by atomic mass is 9.60. The molecule has 1 amide bonds. The van der Waals surface area contributed by atoms with Gasteiger partial charge in [-0.2, -0.15) is 0 Å². The smallest absolute Gasteiger partial charge is 0.332 e. The molecule has 2 aliphatic heterocycles. The van der Waals surface area contributed by atoms with Crippen LogP contribution < -0.4 is 5.32 Å². The molecular formula is C24H33NO5. The minimum absolute atomic E-state index is 0.0699. The minimum Gasteiger partial charge on any atom is -0.444 e.